The zero-order chi connectivity index (χ0) is 39.2. The third kappa shape index (κ3) is 8.63. The molecule has 3 aromatic rings. The number of benzene rings is 3. The maximum atomic E-state index is 13.8. The van der Waals surface area contributed by atoms with E-state index in [0.717, 1.165) is 22.4 Å². The van der Waals surface area contributed by atoms with Gasteiger partial charge in [0.2, 0.25) is 6.29 Å². The monoisotopic (exact) mass is 758 g/mol. The predicted octanol–water partition coefficient (Wildman–Crippen LogP) is 2.73. The fourth-order valence-corrected chi connectivity index (χ4v) is 6.69. The van der Waals surface area contributed by atoms with E-state index in [0.29, 0.717) is 48.4 Å². The van der Waals surface area contributed by atoms with Crippen LogP contribution in [0.15, 0.2) is 60.8 Å². The second-order valence-corrected chi connectivity index (χ2v) is 13.2. The van der Waals surface area contributed by atoms with Crippen molar-refractivity contribution in [1.82, 2.24) is 4.90 Å². The van der Waals surface area contributed by atoms with Gasteiger partial charge in [-0.2, -0.15) is 0 Å². The highest BCUT2D eigenvalue weighted by Crippen LogP contribution is 2.37. The van der Waals surface area contributed by atoms with Gasteiger partial charge in [-0.05, 0) is 72.4 Å². The number of ether oxygens (including phenoxy) is 6. The number of amides is 1. The summed E-state index contributed by atoms with van der Waals surface area (Å²) in [6.45, 7) is 0.248. The number of carboxylic acids is 1. The molecule has 15 heteroatoms. The number of terminal acetylenes is 1. The fraction of sp³-hybridized carbons (Fsp3) is 0.375. The van der Waals surface area contributed by atoms with Crippen LogP contribution in [0.4, 0.5) is 5.69 Å². The molecular weight excluding hydrogens is 716 g/mol. The Morgan fingerprint density at radius 1 is 0.964 bits per heavy atom. The van der Waals surface area contributed by atoms with Crippen LogP contribution in [0, 0.1) is 12.3 Å². The number of methoxy groups -OCH3 is 2. The highest BCUT2D eigenvalue weighted by atomic mass is 16.7. The minimum Gasteiger partial charge on any atom is -0.497 e. The number of aliphatic carboxylic acids is 1. The molecular formula is C40H42N2O13. The topological polar surface area (TPSA) is 203 Å². The Labute approximate surface area is 317 Å². The quantitative estimate of drug-likeness (QED) is 0.119. The van der Waals surface area contributed by atoms with Crippen LogP contribution in [0.1, 0.15) is 46.3 Å². The van der Waals surface area contributed by atoms with Gasteiger partial charge in [0, 0.05) is 36.5 Å². The zero-order valence-electron chi connectivity index (χ0n) is 30.2. The highest BCUT2D eigenvalue weighted by Gasteiger charge is 2.48. The average Bonchev–Trinajstić information content (AvgIpc) is 3.58. The molecule has 55 heavy (non-hydrogen) atoms. The maximum Gasteiger partial charge on any atom is 0.335 e. The Hall–Kier alpha value is -5.79. The minimum absolute atomic E-state index is 0.0555. The molecule has 6 rings (SSSR count). The average molecular weight is 759 g/mol. The molecule has 290 valence electrons. The molecule has 1 unspecified atom stereocenters. The van der Waals surface area contributed by atoms with Crippen LogP contribution in [0.5, 0.6) is 23.0 Å². The van der Waals surface area contributed by atoms with Gasteiger partial charge in [-0.1, -0.05) is 18.1 Å². The van der Waals surface area contributed by atoms with Gasteiger partial charge in [0.25, 0.3) is 5.91 Å². The van der Waals surface area contributed by atoms with E-state index in [2.05, 4.69) is 11.2 Å². The molecule has 1 amide bonds. The Morgan fingerprint density at radius 3 is 2.44 bits per heavy atom. The second kappa shape index (κ2) is 17.1. The minimum atomic E-state index is -1.87. The van der Waals surface area contributed by atoms with Gasteiger partial charge in [-0.25, -0.2) is 4.79 Å². The summed E-state index contributed by atoms with van der Waals surface area (Å²) in [6, 6.07) is 15.7. The lowest BCUT2D eigenvalue weighted by atomic mass is 9.99. The van der Waals surface area contributed by atoms with E-state index in [9.17, 15) is 34.8 Å². The van der Waals surface area contributed by atoms with Crippen molar-refractivity contribution >= 4 is 29.1 Å². The third-order valence-corrected chi connectivity index (χ3v) is 9.65. The van der Waals surface area contributed by atoms with E-state index in [4.69, 9.17) is 34.8 Å². The normalized spacial score (nSPS) is 22.9. The number of carbonyl (C=O) groups is 3. The third-order valence-electron chi connectivity index (χ3n) is 9.65. The summed E-state index contributed by atoms with van der Waals surface area (Å²) in [5, 5.41) is 43.1. The summed E-state index contributed by atoms with van der Waals surface area (Å²) in [5.74, 6) is 1.73. The summed E-state index contributed by atoms with van der Waals surface area (Å²) in [7, 11) is 3.16. The largest absolute Gasteiger partial charge is 0.497 e. The standard InChI is InChI=1S/C40H42N2O13/c1-4-14-52-32-17-28(54-40-36(46)34(44)35(45)37(55-40)39(48)49)13-10-24(32)21-53-33(43)7-5-6-23-16-30-29(18-31(23)51-3)38(47)42-20-25(15-26(42)19-41-30)22-8-11-27(50-2)12-9-22/h1,8-13,16-18,20,26,34-37,40-41,44-46H,5-7,14-15,19,21H2,2-3H3,(H,48,49)/t26?,34-,35-,36+,37-,40+/m0/s1. The van der Waals surface area contributed by atoms with Crippen LogP contribution in [0.25, 0.3) is 5.57 Å². The molecule has 6 atom stereocenters. The van der Waals surface area contributed by atoms with Crippen molar-refractivity contribution in [2.45, 2.75) is 69.0 Å². The fourth-order valence-electron chi connectivity index (χ4n) is 6.69. The molecule has 1 fully saturated rings. The number of carboxylic acid groups (broad SMARTS) is 1. The first kappa shape index (κ1) is 38.9. The second-order valence-electron chi connectivity index (χ2n) is 13.2. The molecule has 0 aromatic heterocycles. The highest BCUT2D eigenvalue weighted by molar-refractivity contribution is 6.03. The number of aliphatic hydroxyl groups is 3. The molecule has 3 aromatic carbocycles. The molecule has 5 N–H and O–H groups in total. The Balaban J connectivity index is 1.05. The van der Waals surface area contributed by atoms with Crippen LogP contribution in [0.2, 0.25) is 0 Å². The molecule has 1 saturated heterocycles. The van der Waals surface area contributed by atoms with E-state index in [1.807, 2.05) is 36.5 Å². The molecule has 0 radical (unpaired) electrons. The summed E-state index contributed by atoms with van der Waals surface area (Å²) in [6.07, 6.45) is 0.0204. The number of carbonyl (C=O) groups excluding carboxylic acids is 2. The van der Waals surface area contributed by atoms with Crippen molar-refractivity contribution in [2.24, 2.45) is 0 Å². The van der Waals surface area contributed by atoms with Crippen molar-refractivity contribution < 1.29 is 63.2 Å². The van der Waals surface area contributed by atoms with Gasteiger partial charge in [-0.3, -0.25) is 9.59 Å². The number of fused-ring (bicyclic) bond motifs is 2. The lowest BCUT2D eigenvalue weighted by Gasteiger charge is -2.38. The van der Waals surface area contributed by atoms with Gasteiger partial charge < -0.3 is 59.1 Å². The van der Waals surface area contributed by atoms with E-state index in [-0.39, 0.29) is 43.1 Å². The van der Waals surface area contributed by atoms with Crippen molar-refractivity contribution in [3.8, 4) is 35.3 Å². The van der Waals surface area contributed by atoms with Crippen molar-refractivity contribution in [3.63, 3.8) is 0 Å². The number of hydrogen-bond acceptors (Lipinski definition) is 13. The van der Waals surface area contributed by atoms with Crippen LogP contribution in [-0.2, 0) is 32.1 Å². The molecule has 3 heterocycles. The van der Waals surface area contributed by atoms with Gasteiger partial charge in [0.05, 0.1) is 25.8 Å². The van der Waals surface area contributed by atoms with Crippen LogP contribution in [0.3, 0.4) is 0 Å². The van der Waals surface area contributed by atoms with Gasteiger partial charge in [0.15, 0.2) is 6.10 Å². The van der Waals surface area contributed by atoms with Crippen molar-refractivity contribution in [1.29, 1.82) is 0 Å². The van der Waals surface area contributed by atoms with Crippen LogP contribution in [-0.4, -0.2) is 107 Å². The number of rotatable bonds is 14. The lowest BCUT2D eigenvalue weighted by Crippen LogP contribution is -2.61. The Morgan fingerprint density at radius 2 is 1.73 bits per heavy atom. The first-order valence-corrected chi connectivity index (χ1v) is 17.6. The smallest absolute Gasteiger partial charge is 0.335 e. The first-order chi connectivity index (χ1) is 26.5. The van der Waals surface area contributed by atoms with E-state index < -0.39 is 42.6 Å². The van der Waals surface area contributed by atoms with Gasteiger partial charge in [-0.15, -0.1) is 6.42 Å². The zero-order valence-corrected chi connectivity index (χ0v) is 30.2. The van der Waals surface area contributed by atoms with Gasteiger partial charge >= 0.3 is 11.9 Å². The van der Waals surface area contributed by atoms with Gasteiger partial charge in [0.1, 0.15) is 54.5 Å². The van der Waals surface area contributed by atoms with E-state index in [1.54, 1.807) is 18.1 Å². The lowest BCUT2D eigenvalue weighted by molar-refractivity contribution is -0.271. The summed E-state index contributed by atoms with van der Waals surface area (Å²) >= 11 is 0. The SMILES string of the molecule is C#CCOc1cc(O[C@@H]2O[C@H](C(=O)O)[C@@H](O)[C@H](O)[C@H]2O)ccc1COC(=O)CCCc1cc2c(cc1OC)C(=O)N1C=C(c3ccc(OC)cc3)CC1CN2. The Bertz CT molecular complexity index is 1970. The summed E-state index contributed by atoms with van der Waals surface area (Å²) in [4.78, 5) is 39.8. The number of nitrogens with one attached hydrogen (secondary N) is 1. The number of anilines is 1. The predicted molar refractivity (Wildman–Crippen MR) is 195 cm³/mol. The first-order valence-electron chi connectivity index (χ1n) is 17.6. The summed E-state index contributed by atoms with van der Waals surface area (Å²) in [5.41, 5.74) is 4.56. The van der Waals surface area contributed by atoms with Crippen LogP contribution < -0.4 is 24.3 Å². The summed E-state index contributed by atoms with van der Waals surface area (Å²) < 4.78 is 32.8. The molecule has 0 bridgehead atoms. The number of nitrogens with zero attached hydrogens (tertiary/aromatic N) is 1. The number of aryl methyl sites for hydroxylation is 1. The molecule has 0 saturated carbocycles. The number of hydrogen-bond donors (Lipinski definition) is 5. The van der Waals surface area contributed by atoms with E-state index in [1.165, 1.54) is 25.3 Å². The molecule has 0 spiro atoms. The number of aliphatic hydroxyl groups excluding tert-OH is 3. The molecule has 3 aliphatic rings. The van der Waals surface area contributed by atoms with Crippen LogP contribution >= 0.6 is 0 Å². The maximum absolute atomic E-state index is 13.8. The van der Waals surface area contributed by atoms with E-state index >= 15 is 0 Å². The Kier molecular flexibility index (Phi) is 12.1. The molecule has 3 aliphatic heterocycles. The van der Waals surface area contributed by atoms with Crippen molar-refractivity contribution in [2.75, 3.05) is 32.7 Å². The molecule has 15 nitrogen and oxygen atoms in total. The van der Waals surface area contributed by atoms with Crippen molar-refractivity contribution in [3.05, 3.63) is 83.1 Å². The molecule has 0 aliphatic carbocycles. The number of esters is 1.